The van der Waals surface area contributed by atoms with Crippen LogP contribution in [0.1, 0.15) is 26.2 Å². The average Bonchev–Trinajstić information content (AvgIpc) is 2.40. The Morgan fingerprint density at radius 3 is 3.08 bits per heavy atom. The van der Waals surface area contributed by atoms with Crippen LogP contribution in [-0.2, 0) is 0 Å². The molecule has 2 fully saturated rings. The zero-order valence-electron chi connectivity index (χ0n) is 7.65. The van der Waals surface area contributed by atoms with Gasteiger partial charge in [0.1, 0.15) is 6.17 Å². The lowest BCUT2D eigenvalue weighted by Gasteiger charge is -2.29. The van der Waals surface area contributed by atoms with Crippen LogP contribution >= 0.6 is 0 Å². The second-order valence-corrected chi connectivity index (χ2v) is 4.19. The second kappa shape index (κ2) is 2.56. The van der Waals surface area contributed by atoms with Crippen molar-refractivity contribution in [2.45, 2.75) is 37.9 Å². The molecule has 2 heterocycles. The lowest BCUT2D eigenvalue weighted by Crippen LogP contribution is -2.37. The Balaban J connectivity index is 2.21. The molecule has 2 rings (SSSR count). The van der Waals surface area contributed by atoms with E-state index in [-0.39, 0.29) is 5.54 Å². The smallest absolute Gasteiger partial charge is 0.115 e. The molecule has 2 aliphatic rings. The van der Waals surface area contributed by atoms with Gasteiger partial charge in [-0.2, -0.15) is 0 Å². The van der Waals surface area contributed by atoms with Crippen LogP contribution in [-0.4, -0.2) is 29.7 Å². The fraction of sp³-hybridized carbons (Fsp3) is 0.800. The number of alkyl halides is 1. The van der Waals surface area contributed by atoms with Crippen molar-refractivity contribution in [2.24, 2.45) is 0 Å². The molecule has 0 amide bonds. The van der Waals surface area contributed by atoms with E-state index < -0.39 is 6.17 Å². The molecule has 0 aromatic rings. The van der Waals surface area contributed by atoms with E-state index in [1.165, 1.54) is 5.57 Å². The van der Waals surface area contributed by atoms with E-state index in [9.17, 15) is 4.39 Å². The summed E-state index contributed by atoms with van der Waals surface area (Å²) in [6, 6.07) is 0. The van der Waals surface area contributed by atoms with Gasteiger partial charge < -0.3 is 0 Å². The molecule has 0 unspecified atom stereocenters. The monoisotopic (exact) mass is 169 g/mol. The first-order valence-corrected chi connectivity index (χ1v) is 4.72. The van der Waals surface area contributed by atoms with Crippen molar-refractivity contribution >= 4 is 0 Å². The summed E-state index contributed by atoms with van der Waals surface area (Å²) in [4.78, 5) is 2.28. The van der Waals surface area contributed by atoms with E-state index in [1.54, 1.807) is 0 Å². The minimum Gasteiger partial charge on any atom is -0.290 e. The lowest BCUT2D eigenvalue weighted by molar-refractivity contribution is 0.189. The third-order valence-electron chi connectivity index (χ3n) is 3.34. The first-order chi connectivity index (χ1) is 5.66. The van der Waals surface area contributed by atoms with E-state index in [2.05, 4.69) is 18.4 Å². The van der Waals surface area contributed by atoms with Gasteiger partial charge in [-0.25, -0.2) is 4.39 Å². The Hall–Kier alpha value is -0.370. The third-order valence-corrected chi connectivity index (χ3v) is 3.34. The molecule has 2 aliphatic heterocycles. The van der Waals surface area contributed by atoms with Crippen molar-refractivity contribution in [3.63, 3.8) is 0 Å². The second-order valence-electron chi connectivity index (χ2n) is 4.19. The van der Waals surface area contributed by atoms with Crippen LogP contribution in [0.2, 0.25) is 0 Å². The summed E-state index contributed by atoms with van der Waals surface area (Å²) in [6.45, 7) is 7.70. The molecule has 0 saturated carbocycles. The highest BCUT2D eigenvalue weighted by molar-refractivity contribution is 5.18. The molecule has 0 spiro atoms. The summed E-state index contributed by atoms with van der Waals surface area (Å²) >= 11 is 0. The van der Waals surface area contributed by atoms with Gasteiger partial charge >= 0.3 is 0 Å². The summed E-state index contributed by atoms with van der Waals surface area (Å²) < 4.78 is 13.1. The number of halogens is 1. The average molecular weight is 169 g/mol. The molecule has 12 heavy (non-hydrogen) atoms. The van der Waals surface area contributed by atoms with Crippen molar-refractivity contribution in [1.82, 2.24) is 4.90 Å². The Bertz CT molecular complexity index is 214. The van der Waals surface area contributed by atoms with Crippen LogP contribution in [0.3, 0.4) is 0 Å². The van der Waals surface area contributed by atoms with Gasteiger partial charge in [-0.15, -0.1) is 0 Å². The molecule has 0 bridgehead atoms. The molecular formula is C10H16FN. The van der Waals surface area contributed by atoms with E-state index in [0.717, 1.165) is 25.8 Å². The van der Waals surface area contributed by atoms with E-state index >= 15 is 0 Å². The summed E-state index contributed by atoms with van der Waals surface area (Å²) in [5.41, 5.74) is 1.43. The van der Waals surface area contributed by atoms with Gasteiger partial charge in [0.2, 0.25) is 0 Å². The fourth-order valence-corrected chi connectivity index (χ4v) is 2.74. The summed E-state index contributed by atoms with van der Waals surface area (Å²) in [6.07, 6.45) is 2.21. The van der Waals surface area contributed by atoms with Crippen molar-refractivity contribution in [3.8, 4) is 0 Å². The predicted octanol–water partition coefficient (Wildman–Crippen LogP) is 2.14. The first kappa shape index (κ1) is 8.24. The molecule has 0 aromatic carbocycles. The minimum atomic E-state index is -0.599. The number of nitrogens with zero attached hydrogens (tertiary/aromatic N) is 1. The standard InChI is InChI=1S/C10H16FN/c1-3-10-4-8(2)6-12(10)7-9(11)5-10/h9H,2-7H2,1H3/t9-,10-/m0/s1. The highest BCUT2D eigenvalue weighted by Crippen LogP contribution is 2.43. The van der Waals surface area contributed by atoms with E-state index in [0.29, 0.717) is 6.54 Å². The molecule has 0 N–H and O–H groups in total. The van der Waals surface area contributed by atoms with Crippen molar-refractivity contribution in [2.75, 3.05) is 13.1 Å². The highest BCUT2D eigenvalue weighted by atomic mass is 19.1. The number of hydrogen-bond donors (Lipinski definition) is 0. The number of hydrogen-bond acceptors (Lipinski definition) is 1. The van der Waals surface area contributed by atoms with Crippen molar-refractivity contribution in [3.05, 3.63) is 12.2 Å². The van der Waals surface area contributed by atoms with Gasteiger partial charge in [0, 0.05) is 18.6 Å². The zero-order valence-corrected chi connectivity index (χ0v) is 7.65. The maximum atomic E-state index is 13.1. The van der Waals surface area contributed by atoms with Crippen LogP contribution in [0.4, 0.5) is 4.39 Å². The van der Waals surface area contributed by atoms with Gasteiger partial charge in [0.25, 0.3) is 0 Å². The first-order valence-electron chi connectivity index (χ1n) is 4.72. The fourth-order valence-electron chi connectivity index (χ4n) is 2.74. The van der Waals surface area contributed by atoms with Crippen LogP contribution < -0.4 is 0 Å². The number of rotatable bonds is 1. The molecule has 2 atom stereocenters. The molecule has 2 saturated heterocycles. The third kappa shape index (κ3) is 1.01. The molecule has 0 aromatic heterocycles. The van der Waals surface area contributed by atoms with Gasteiger partial charge in [0.15, 0.2) is 0 Å². The molecule has 68 valence electrons. The maximum Gasteiger partial charge on any atom is 0.115 e. The Morgan fingerprint density at radius 2 is 2.50 bits per heavy atom. The van der Waals surface area contributed by atoms with Crippen molar-refractivity contribution in [1.29, 1.82) is 0 Å². The quantitative estimate of drug-likeness (QED) is 0.543. The predicted molar refractivity (Wildman–Crippen MR) is 47.9 cm³/mol. The Morgan fingerprint density at radius 1 is 1.75 bits per heavy atom. The van der Waals surface area contributed by atoms with Crippen LogP contribution in [0.25, 0.3) is 0 Å². The zero-order chi connectivity index (χ0) is 8.77. The van der Waals surface area contributed by atoms with Crippen LogP contribution in [0, 0.1) is 0 Å². The summed E-state index contributed by atoms with van der Waals surface area (Å²) in [7, 11) is 0. The lowest BCUT2D eigenvalue weighted by atomic mass is 9.90. The molecule has 2 heteroatoms. The normalized spacial score (nSPS) is 42.2. The Kier molecular flexibility index (Phi) is 1.76. The Labute approximate surface area is 73.2 Å². The van der Waals surface area contributed by atoms with Crippen LogP contribution in [0.5, 0.6) is 0 Å². The topological polar surface area (TPSA) is 3.24 Å². The van der Waals surface area contributed by atoms with E-state index in [4.69, 9.17) is 0 Å². The van der Waals surface area contributed by atoms with Gasteiger partial charge in [0.05, 0.1) is 0 Å². The van der Waals surface area contributed by atoms with Crippen molar-refractivity contribution < 1.29 is 4.39 Å². The molecular weight excluding hydrogens is 153 g/mol. The van der Waals surface area contributed by atoms with Gasteiger partial charge in [-0.05, 0) is 19.3 Å². The maximum absolute atomic E-state index is 13.1. The SMILES string of the molecule is C=C1CN2C[C@@H](F)C[C@]2(CC)C1. The summed E-state index contributed by atoms with van der Waals surface area (Å²) in [5.74, 6) is 0. The summed E-state index contributed by atoms with van der Waals surface area (Å²) in [5, 5.41) is 0. The largest absolute Gasteiger partial charge is 0.290 e. The van der Waals surface area contributed by atoms with Gasteiger partial charge in [-0.3, -0.25) is 4.90 Å². The number of fused-ring (bicyclic) bond motifs is 1. The molecule has 1 nitrogen and oxygen atoms in total. The van der Waals surface area contributed by atoms with Crippen LogP contribution in [0.15, 0.2) is 12.2 Å². The minimum absolute atomic E-state index is 0.149. The molecule has 0 radical (unpaired) electrons. The van der Waals surface area contributed by atoms with E-state index in [1.807, 2.05) is 0 Å². The highest BCUT2D eigenvalue weighted by Gasteiger charge is 2.48. The van der Waals surface area contributed by atoms with Gasteiger partial charge in [-0.1, -0.05) is 19.1 Å². The molecule has 0 aliphatic carbocycles.